The first-order valence-corrected chi connectivity index (χ1v) is 8.67. The van der Waals surface area contributed by atoms with Crippen molar-refractivity contribution < 1.29 is 15.4 Å². The van der Waals surface area contributed by atoms with Crippen LogP contribution in [-0.4, -0.2) is 16.6 Å². The Hall–Kier alpha value is -0.830. The molecule has 0 aromatic rings. The minimum atomic E-state index is -0.834. The molecule has 0 spiro atoms. The molecule has 0 amide bonds. The highest BCUT2D eigenvalue weighted by Crippen LogP contribution is 2.12. The van der Waals surface area contributed by atoms with Crippen LogP contribution in [0.4, 0.5) is 0 Å². The van der Waals surface area contributed by atoms with Crippen molar-refractivity contribution in [2.24, 2.45) is 0 Å². The van der Waals surface area contributed by atoms with Gasteiger partial charge in [-0.1, -0.05) is 90.0 Å². The molecule has 0 unspecified atom stereocenters. The summed E-state index contributed by atoms with van der Waals surface area (Å²) in [5, 5.41) is 8.43. The number of carboxylic acid groups (broad SMARTS) is 1. The summed E-state index contributed by atoms with van der Waals surface area (Å²) >= 11 is 0. The number of allylic oxidation sites excluding steroid dienone is 1. The largest absolute Gasteiger partial charge is 0.478 e. The first kappa shape index (κ1) is 22.5. The van der Waals surface area contributed by atoms with Gasteiger partial charge in [-0.05, 0) is 12.8 Å². The lowest BCUT2D eigenvalue weighted by Crippen LogP contribution is -1.86. The van der Waals surface area contributed by atoms with Crippen LogP contribution >= 0.6 is 0 Å². The van der Waals surface area contributed by atoms with E-state index in [0.29, 0.717) is 0 Å². The lowest BCUT2D eigenvalue weighted by atomic mass is 10.0. The molecule has 3 nitrogen and oxygen atoms in total. The van der Waals surface area contributed by atoms with E-state index >= 15 is 0 Å². The first-order valence-electron chi connectivity index (χ1n) is 8.67. The van der Waals surface area contributed by atoms with Crippen LogP contribution in [0.15, 0.2) is 12.2 Å². The van der Waals surface area contributed by atoms with E-state index in [1.165, 1.54) is 83.1 Å². The van der Waals surface area contributed by atoms with Crippen molar-refractivity contribution in [3.05, 3.63) is 12.2 Å². The zero-order valence-electron chi connectivity index (χ0n) is 13.9. The smallest absolute Gasteiger partial charge is 0.327 e. The minimum Gasteiger partial charge on any atom is -0.478 e. The quantitative estimate of drug-likeness (QED) is 0.330. The zero-order valence-corrected chi connectivity index (χ0v) is 13.9. The Balaban J connectivity index is 0. The van der Waals surface area contributed by atoms with Crippen LogP contribution in [-0.2, 0) is 4.79 Å². The molecule has 21 heavy (non-hydrogen) atoms. The molecule has 0 rings (SSSR count). The third-order valence-electron chi connectivity index (χ3n) is 3.73. The molecule has 0 saturated carbocycles. The van der Waals surface area contributed by atoms with Crippen molar-refractivity contribution in [3.8, 4) is 0 Å². The van der Waals surface area contributed by atoms with Gasteiger partial charge in [0, 0.05) is 6.08 Å². The molecule has 0 saturated heterocycles. The molecule has 0 aliphatic heterocycles. The van der Waals surface area contributed by atoms with Gasteiger partial charge < -0.3 is 10.6 Å². The fraction of sp³-hybridized carbons (Fsp3) is 0.833. The number of hydrogen-bond donors (Lipinski definition) is 1. The maximum absolute atomic E-state index is 10.2. The molecule has 0 fully saturated rings. The molecule has 3 heteroatoms. The van der Waals surface area contributed by atoms with E-state index in [-0.39, 0.29) is 5.48 Å². The number of carbonyl (C=O) groups is 1. The molecule has 0 bridgehead atoms. The van der Waals surface area contributed by atoms with Crippen LogP contribution in [0.5, 0.6) is 0 Å². The second-order valence-corrected chi connectivity index (χ2v) is 5.77. The van der Waals surface area contributed by atoms with E-state index < -0.39 is 5.97 Å². The Morgan fingerprint density at radius 1 is 0.762 bits per heavy atom. The molecular formula is C18H36O3. The lowest BCUT2D eigenvalue weighted by Gasteiger charge is -2.02. The van der Waals surface area contributed by atoms with Gasteiger partial charge in [0.25, 0.3) is 0 Å². The molecule has 0 aliphatic carbocycles. The van der Waals surface area contributed by atoms with Crippen LogP contribution in [0.2, 0.25) is 0 Å². The third-order valence-corrected chi connectivity index (χ3v) is 3.73. The van der Waals surface area contributed by atoms with Gasteiger partial charge in [-0.25, -0.2) is 4.79 Å². The van der Waals surface area contributed by atoms with E-state index in [2.05, 4.69) is 6.92 Å². The minimum absolute atomic E-state index is 0. The Morgan fingerprint density at radius 3 is 1.52 bits per heavy atom. The predicted molar refractivity (Wildman–Crippen MR) is 90.7 cm³/mol. The van der Waals surface area contributed by atoms with E-state index in [9.17, 15) is 4.79 Å². The second-order valence-electron chi connectivity index (χ2n) is 5.77. The van der Waals surface area contributed by atoms with Gasteiger partial charge in [-0.3, -0.25) is 0 Å². The van der Waals surface area contributed by atoms with Gasteiger partial charge in [0.2, 0.25) is 0 Å². The molecular weight excluding hydrogens is 264 g/mol. The van der Waals surface area contributed by atoms with E-state index in [1.54, 1.807) is 6.08 Å². The summed E-state index contributed by atoms with van der Waals surface area (Å²) in [4.78, 5) is 10.2. The van der Waals surface area contributed by atoms with E-state index in [4.69, 9.17) is 5.11 Å². The fourth-order valence-corrected chi connectivity index (χ4v) is 2.46. The van der Waals surface area contributed by atoms with Crippen molar-refractivity contribution in [2.45, 2.75) is 96.8 Å². The highest BCUT2D eigenvalue weighted by molar-refractivity contribution is 5.79. The van der Waals surface area contributed by atoms with Crippen LogP contribution < -0.4 is 0 Å². The van der Waals surface area contributed by atoms with Gasteiger partial charge in [0.15, 0.2) is 0 Å². The van der Waals surface area contributed by atoms with Crippen LogP contribution in [0.25, 0.3) is 0 Å². The standard InChI is InChI=1S/C18H34O2.H2O/c1-2-3-4-5-6-7-8-9-10-11-12-13-14-15-16-17-18(19)20;/h16-17H,2-15H2,1H3,(H,19,20);1H2/b17-16-;. The summed E-state index contributed by atoms with van der Waals surface area (Å²) in [6.45, 7) is 2.27. The lowest BCUT2D eigenvalue weighted by molar-refractivity contribution is -0.131. The van der Waals surface area contributed by atoms with Crippen molar-refractivity contribution in [1.29, 1.82) is 0 Å². The maximum Gasteiger partial charge on any atom is 0.327 e. The fourth-order valence-electron chi connectivity index (χ4n) is 2.46. The average molecular weight is 300 g/mol. The summed E-state index contributed by atoms with van der Waals surface area (Å²) in [6, 6.07) is 0. The van der Waals surface area contributed by atoms with Gasteiger partial charge in [0.1, 0.15) is 0 Å². The summed E-state index contributed by atoms with van der Waals surface area (Å²) in [5.74, 6) is -0.834. The molecule has 0 heterocycles. The van der Waals surface area contributed by atoms with Gasteiger partial charge in [0.05, 0.1) is 0 Å². The predicted octanol–water partition coefficient (Wildman–Crippen LogP) is 5.28. The number of carboxylic acids is 1. The Kier molecular flexibility index (Phi) is 20.5. The molecule has 3 N–H and O–H groups in total. The zero-order chi connectivity index (χ0) is 14.9. The second kappa shape index (κ2) is 19.2. The highest BCUT2D eigenvalue weighted by Gasteiger charge is 1.93. The number of aliphatic carboxylic acids is 1. The normalized spacial score (nSPS) is 10.7. The first-order chi connectivity index (χ1) is 9.77. The van der Waals surface area contributed by atoms with Crippen molar-refractivity contribution in [1.82, 2.24) is 0 Å². The highest BCUT2D eigenvalue weighted by atomic mass is 16.4. The Morgan fingerprint density at radius 2 is 1.14 bits per heavy atom. The Labute approximate surface area is 131 Å². The van der Waals surface area contributed by atoms with Crippen molar-refractivity contribution >= 4 is 5.97 Å². The number of unbranched alkanes of at least 4 members (excludes halogenated alkanes) is 13. The number of rotatable bonds is 15. The summed E-state index contributed by atoms with van der Waals surface area (Å²) in [6.07, 6.45) is 21.6. The summed E-state index contributed by atoms with van der Waals surface area (Å²) < 4.78 is 0. The SMILES string of the molecule is CCCCCCCCCCCCCCC/C=C\C(=O)O.O. The Bertz CT molecular complexity index is 237. The van der Waals surface area contributed by atoms with Crippen molar-refractivity contribution in [2.75, 3.05) is 0 Å². The molecule has 0 aromatic heterocycles. The monoisotopic (exact) mass is 300 g/mol. The molecule has 126 valence electrons. The van der Waals surface area contributed by atoms with Gasteiger partial charge in [-0.15, -0.1) is 0 Å². The molecule has 0 atom stereocenters. The topological polar surface area (TPSA) is 68.8 Å². The molecule has 0 aliphatic rings. The molecule has 0 radical (unpaired) electrons. The van der Waals surface area contributed by atoms with Gasteiger partial charge in [-0.2, -0.15) is 0 Å². The third kappa shape index (κ3) is 21.6. The van der Waals surface area contributed by atoms with E-state index in [0.717, 1.165) is 12.8 Å². The van der Waals surface area contributed by atoms with Crippen LogP contribution in [0.1, 0.15) is 96.8 Å². The van der Waals surface area contributed by atoms with Crippen LogP contribution in [0.3, 0.4) is 0 Å². The van der Waals surface area contributed by atoms with Crippen molar-refractivity contribution in [3.63, 3.8) is 0 Å². The van der Waals surface area contributed by atoms with E-state index in [1.807, 2.05) is 0 Å². The van der Waals surface area contributed by atoms with Crippen LogP contribution in [0, 0.1) is 0 Å². The van der Waals surface area contributed by atoms with Gasteiger partial charge >= 0.3 is 5.97 Å². The summed E-state index contributed by atoms with van der Waals surface area (Å²) in [5.41, 5.74) is 0. The average Bonchev–Trinajstić information content (AvgIpc) is 2.43. The number of hydrogen-bond acceptors (Lipinski definition) is 1. The summed E-state index contributed by atoms with van der Waals surface area (Å²) in [7, 11) is 0. The maximum atomic E-state index is 10.2. The molecule has 0 aromatic carbocycles.